The third-order valence-corrected chi connectivity index (χ3v) is 3.50. The van der Waals surface area contributed by atoms with Crippen LogP contribution in [0.25, 0.3) is 5.69 Å². The van der Waals surface area contributed by atoms with E-state index in [1.165, 1.54) is 27.9 Å². The van der Waals surface area contributed by atoms with Gasteiger partial charge in [-0.2, -0.15) is 5.10 Å². The Balaban J connectivity index is 2.35. The van der Waals surface area contributed by atoms with Crippen LogP contribution in [0.3, 0.4) is 0 Å². The van der Waals surface area contributed by atoms with Gasteiger partial charge < -0.3 is 10.0 Å². The number of amides is 1. The lowest BCUT2D eigenvalue weighted by molar-refractivity contribution is -0.138. The maximum absolute atomic E-state index is 13.0. The van der Waals surface area contributed by atoms with E-state index >= 15 is 0 Å². The minimum Gasteiger partial charge on any atom is -0.480 e. The van der Waals surface area contributed by atoms with Crippen molar-refractivity contribution in [1.29, 1.82) is 0 Å². The Bertz CT molecular complexity index is 723. The first-order valence-electron chi connectivity index (χ1n) is 7.14. The average Bonchev–Trinajstić information content (AvgIpc) is 2.86. The number of halogens is 1. The summed E-state index contributed by atoms with van der Waals surface area (Å²) in [6, 6.07) is 5.47. The number of nitrogens with zero attached hydrogens (tertiary/aromatic N) is 3. The highest BCUT2D eigenvalue weighted by atomic mass is 19.1. The number of carboxylic acids is 1. The van der Waals surface area contributed by atoms with Crippen LogP contribution in [-0.2, 0) is 4.79 Å². The lowest BCUT2D eigenvalue weighted by Gasteiger charge is -2.24. The summed E-state index contributed by atoms with van der Waals surface area (Å²) in [5.74, 6) is -1.83. The van der Waals surface area contributed by atoms with Crippen LogP contribution in [0.5, 0.6) is 0 Å². The molecule has 0 unspecified atom stereocenters. The number of rotatable bonds is 5. The third-order valence-electron chi connectivity index (χ3n) is 3.50. The van der Waals surface area contributed by atoms with Gasteiger partial charge in [0.15, 0.2) is 0 Å². The fourth-order valence-electron chi connectivity index (χ4n) is 2.25. The van der Waals surface area contributed by atoms with E-state index in [9.17, 15) is 14.0 Å². The molecular formula is C16H18FN3O3. The van der Waals surface area contributed by atoms with Crippen LogP contribution in [-0.4, -0.2) is 44.3 Å². The third kappa shape index (κ3) is 3.56. The predicted molar refractivity (Wildman–Crippen MR) is 82.1 cm³/mol. The van der Waals surface area contributed by atoms with E-state index in [1.807, 2.05) is 0 Å². The number of carbonyl (C=O) groups excluding carboxylic acids is 1. The number of carbonyl (C=O) groups is 2. The molecule has 1 aromatic carbocycles. The molecule has 23 heavy (non-hydrogen) atoms. The Hall–Kier alpha value is -2.70. The Morgan fingerprint density at radius 2 is 1.91 bits per heavy atom. The molecule has 0 saturated heterocycles. The molecular weight excluding hydrogens is 301 g/mol. The molecule has 7 heteroatoms. The summed E-state index contributed by atoms with van der Waals surface area (Å²) < 4.78 is 14.5. The van der Waals surface area contributed by atoms with Crippen molar-refractivity contribution < 1.29 is 19.1 Å². The highest BCUT2D eigenvalue weighted by Crippen LogP contribution is 2.17. The highest BCUT2D eigenvalue weighted by Gasteiger charge is 2.25. The fraction of sp³-hybridized carbons (Fsp3) is 0.312. The monoisotopic (exact) mass is 319 g/mol. The van der Waals surface area contributed by atoms with Gasteiger partial charge in [-0.3, -0.25) is 9.59 Å². The van der Waals surface area contributed by atoms with Gasteiger partial charge in [0.05, 0.1) is 23.1 Å². The van der Waals surface area contributed by atoms with E-state index in [4.69, 9.17) is 5.11 Å². The minimum absolute atomic E-state index is 0.257. The number of hydrogen-bond acceptors (Lipinski definition) is 3. The second-order valence-electron chi connectivity index (χ2n) is 5.45. The van der Waals surface area contributed by atoms with Crippen molar-refractivity contribution in [1.82, 2.24) is 14.7 Å². The molecule has 2 rings (SSSR count). The zero-order chi connectivity index (χ0) is 17.1. The predicted octanol–water partition coefficient (Wildman–Crippen LogP) is 2.26. The van der Waals surface area contributed by atoms with Crippen LogP contribution < -0.4 is 0 Å². The van der Waals surface area contributed by atoms with E-state index in [2.05, 4.69) is 5.10 Å². The molecule has 0 spiro atoms. The molecule has 1 heterocycles. The molecule has 6 nitrogen and oxygen atoms in total. The molecule has 0 aliphatic carbocycles. The smallest absolute Gasteiger partial charge is 0.323 e. The van der Waals surface area contributed by atoms with Gasteiger partial charge in [-0.1, -0.05) is 0 Å². The van der Waals surface area contributed by atoms with Crippen molar-refractivity contribution in [2.75, 3.05) is 6.54 Å². The largest absolute Gasteiger partial charge is 0.480 e. The Labute approximate surface area is 133 Å². The van der Waals surface area contributed by atoms with Gasteiger partial charge in [-0.05, 0) is 45.0 Å². The quantitative estimate of drug-likeness (QED) is 0.917. The number of aromatic nitrogens is 2. The van der Waals surface area contributed by atoms with Gasteiger partial charge >= 0.3 is 5.97 Å². The van der Waals surface area contributed by atoms with E-state index in [0.29, 0.717) is 16.9 Å². The van der Waals surface area contributed by atoms with Crippen molar-refractivity contribution in [3.8, 4) is 5.69 Å². The summed E-state index contributed by atoms with van der Waals surface area (Å²) in [6.45, 7) is 4.83. The molecule has 1 N–H and O–H groups in total. The summed E-state index contributed by atoms with van der Waals surface area (Å²) in [6.07, 6.45) is 1.40. The van der Waals surface area contributed by atoms with E-state index < -0.39 is 11.9 Å². The van der Waals surface area contributed by atoms with E-state index in [0.717, 1.165) is 0 Å². The molecule has 0 saturated carbocycles. The van der Waals surface area contributed by atoms with Crippen molar-refractivity contribution in [2.24, 2.45) is 0 Å². The maximum Gasteiger partial charge on any atom is 0.323 e. The summed E-state index contributed by atoms with van der Waals surface area (Å²) in [5, 5.41) is 13.1. The van der Waals surface area contributed by atoms with Gasteiger partial charge in [0.2, 0.25) is 0 Å². The zero-order valence-electron chi connectivity index (χ0n) is 13.2. The molecule has 0 aliphatic rings. The molecule has 0 fully saturated rings. The molecule has 1 amide bonds. The van der Waals surface area contributed by atoms with Crippen LogP contribution >= 0.6 is 0 Å². The van der Waals surface area contributed by atoms with Crippen molar-refractivity contribution >= 4 is 11.9 Å². The molecule has 1 aromatic heterocycles. The Morgan fingerprint density at radius 1 is 1.30 bits per heavy atom. The van der Waals surface area contributed by atoms with Gasteiger partial charge in [-0.15, -0.1) is 0 Å². The normalized spacial score (nSPS) is 10.8. The van der Waals surface area contributed by atoms with Crippen LogP contribution in [0.1, 0.15) is 29.9 Å². The summed E-state index contributed by atoms with van der Waals surface area (Å²) in [7, 11) is 0. The molecule has 122 valence electrons. The molecule has 0 aliphatic heterocycles. The van der Waals surface area contributed by atoms with Crippen molar-refractivity contribution in [2.45, 2.75) is 26.8 Å². The van der Waals surface area contributed by atoms with Crippen molar-refractivity contribution in [3.05, 3.63) is 47.5 Å². The lowest BCUT2D eigenvalue weighted by atomic mass is 10.2. The second kappa shape index (κ2) is 6.60. The molecule has 0 bridgehead atoms. The van der Waals surface area contributed by atoms with Crippen LogP contribution in [0, 0.1) is 12.7 Å². The number of aliphatic carboxylic acids is 1. The fourth-order valence-corrected chi connectivity index (χ4v) is 2.25. The topological polar surface area (TPSA) is 75.4 Å². The standard InChI is InChI=1S/C16H18FN3O3/c1-10(2)19(9-15(21)22)16(23)14-8-18-20(11(14)3)13-6-4-12(17)5-7-13/h4-8,10H,9H2,1-3H3,(H,21,22). The van der Waals surface area contributed by atoms with E-state index in [1.54, 1.807) is 32.9 Å². The molecule has 0 atom stereocenters. The summed E-state index contributed by atoms with van der Waals surface area (Å²) in [5.41, 5.74) is 1.51. The summed E-state index contributed by atoms with van der Waals surface area (Å²) >= 11 is 0. The highest BCUT2D eigenvalue weighted by molar-refractivity contribution is 5.96. The Kier molecular flexibility index (Phi) is 4.78. The van der Waals surface area contributed by atoms with Crippen molar-refractivity contribution in [3.63, 3.8) is 0 Å². The lowest BCUT2D eigenvalue weighted by Crippen LogP contribution is -2.40. The minimum atomic E-state index is -1.07. The zero-order valence-corrected chi connectivity index (χ0v) is 13.2. The number of benzene rings is 1. The first-order valence-corrected chi connectivity index (χ1v) is 7.14. The molecule has 0 radical (unpaired) electrons. The average molecular weight is 319 g/mol. The number of hydrogen-bond donors (Lipinski definition) is 1. The SMILES string of the molecule is Cc1c(C(=O)N(CC(=O)O)C(C)C)cnn1-c1ccc(F)cc1. The summed E-state index contributed by atoms with van der Waals surface area (Å²) in [4.78, 5) is 24.8. The van der Waals surface area contributed by atoms with Crippen LogP contribution in [0.4, 0.5) is 4.39 Å². The Morgan fingerprint density at radius 3 is 2.43 bits per heavy atom. The van der Waals surface area contributed by atoms with E-state index in [-0.39, 0.29) is 18.4 Å². The first-order chi connectivity index (χ1) is 10.8. The van der Waals surface area contributed by atoms with Crippen LogP contribution in [0.15, 0.2) is 30.5 Å². The first kappa shape index (κ1) is 16.7. The number of carboxylic acid groups (broad SMARTS) is 1. The second-order valence-corrected chi connectivity index (χ2v) is 5.45. The van der Waals surface area contributed by atoms with Gasteiger partial charge in [0.1, 0.15) is 12.4 Å². The van der Waals surface area contributed by atoms with Gasteiger partial charge in [0, 0.05) is 6.04 Å². The maximum atomic E-state index is 13.0. The van der Waals surface area contributed by atoms with Crippen LogP contribution in [0.2, 0.25) is 0 Å². The molecule has 2 aromatic rings. The van der Waals surface area contributed by atoms with Gasteiger partial charge in [-0.25, -0.2) is 9.07 Å². The van der Waals surface area contributed by atoms with Gasteiger partial charge in [0.25, 0.3) is 5.91 Å².